The van der Waals surface area contributed by atoms with Gasteiger partial charge in [0.1, 0.15) is 11.3 Å². The van der Waals surface area contributed by atoms with Crippen molar-refractivity contribution in [2.75, 3.05) is 44.8 Å². The molecule has 1 amide bonds. The molecule has 2 aromatic carbocycles. The maximum Gasteiger partial charge on any atom is 0.320 e. The highest BCUT2D eigenvalue weighted by Gasteiger charge is 2.33. The summed E-state index contributed by atoms with van der Waals surface area (Å²) in [6, 6.07) is 6.14. The largest absolute Gasteiger partial charge is 0.492 e. The Morgan fingerprint density at radius 2 is 1.93 bits per heavy atom. The smallest absolute Gasteiger partial charge is 0.320 e. The van der Waals surface area contributed by atoms with Gasteiger partial charge in [0.25, 0.3) is 5.91 Å². The number of hydrogen-bond donors (Lipinski definition) is 1. The third-order valence-electron chi connectivity index (χ3n) is 7.76. The van der Waals surface area contributed by atoms with Crippen LogP contribution >= 0.6 is 23.2 Å². The molecule has 1 aliphatic carbocycles. The van der Waals surface area contributed by atoms with E-state index in [1.807, 2.05) is 21.3 Å². The molecule has 2 aliphatic rings. The molecule has 5 rings (SSSR count). The standard InChI is InChI=1S/C30H33Cl2FN4O5/c1-4-42-25(38)16-35-9-10-36(14-17(35)2)27-24(33)12-21-26(29(27)41-3)37(20-7-8-20)15-22(28(21)39)30(40)34-13-18-5-6-19(31)11-23(18)32/h5-6,11-12,15,17,20H,4,7-10,13-14,16H2,1-3H3,(H,34,40). The minimum absolute atomic E-state index is 0.0536. The first-order valence-corrected chi connectivity index (χ1v) is 14.7. The zero-order chi connectivity index (χ0) is 30.1. The van der Waals surface area contributed by atoms with Crippen LogP contribution in [-0.4, -0.2) is 67.3 Å². The molecule has 0 bridgehead atoms. The van der Waals surface area contributed by atoms with E-state index in [1.54, 1.807) is 31.3 Å². The predicted molar refractivity (Wildman–Crippen MR) is 161 cm³/mol. The van der Waals surface area contributed by atoms with E-state index in [4.69, 9.17) is 32.7 Å². The van der Waals surface area contributed by atoms with E-state index in [0.29, 0.717) is 47.4 Å². The summed E-state index contributed by atoms with van der Waals surface area (Å²) < 4.78 is 28.7. The number of nitrogens with one attached hydrogen (secondary N) is 1. The van der Waals surface area contributed by atoms with Gasteiger partial charge in [-0.15, -0.1) is 0 Å². The van der Waals surface area contributed by atoms with Crippen molar-refractivity contribution in [1.82, 2.24) is 14.8 Å². The van der Waals surface area contributed by atoms with Crippen LogP contribution in [0.1, 0.15) is 48.7 Å². The van der Waals surface area contributed by atoms with Gasteiger partial charge in [0.2, 0.25) is 5.43 Å². The van der Waals surface area contributed by atoms with Crippen LogP contribution in [-0.2, 0) is 16.1 Å². The van der Waals surface area contributed by atoms with Gasteiger partial charge >= 0.3 is 5.97 Å². The highest BCUT2D eigenvalue weighted by atomic mass is 35.5. The van der Waals surface area contributed by atoms with Gasteiger partial charge in [-0.05, 0) is 50.5 Å². The lowest BCUT2D eigenvalue weighted by Gasteiger charge is -2.41. The molecular formula is C30H33Cl2FN4O5. The van der Waals surface area contributed by atoms with Gasteiger partial charge < -0.3 is 24.3 Å². The molecule has 2 heterocycles. The Hall–Kier alpha value is -3.34. The monoisotopic (exact) mass is 618 g/mol. The number of carbonyl (C=O) groups is 2. The van der Waals surface area contributed by atoms with Crippen molar-refractivity contribution in [3.8, 4) is 5.75 Å². The van der Waals surface area contributed by atoms with Crippen molar-refractivity contribution >= 4 is 51.7 Å². The lowest BCUT2D eigenvalue weighted by molar-refractivity contribution is -0.145. The summed E-state index contributed by atoms with van der Waals surface area (Å²) in [5, 5.41) is 3.70. The highest BCUT2D eigenvalue weighted by Crippen LogP contribution is 2.44. The molecule has 12 heteroatoms. The number of nitrogens with zero attached hydrogens (tertiary/aromatic N) is 3. The van der Waals surface area contributed by atoms with Gasteiger partial charge in [-0.2, -0.15) is 0 Å². The van der Waals surface area contributed by atoms with E-state index >= 15 is 4.39 Å². The number of methoxy groups -OCH3 is 1. The zero-order valence-electron chi connectivity index (χ0n) is 23.7. The number of aromatic nitrogens is 1. The number of fused-ring (bicyclic) bond motifs is 1. The zero-order valence-corrected chi connectivity index (χ0v) is 25.2. The molecule has 2 fully saturated rings. The molecule has 1 unspecified atom stereocenters. The van der Waals surface area contributed by atoms with Crippen molar-refractivity contribution in [2.45, 2.75) is 45.3 Å². The van der Waals surface area contributed by atoms with E-state index in [-0.39, 0.29) is 53.5 Å². The number of rotatable bonds is 9. The van der Waals surface area contributed by atoms with Gasteiger partial charge in [-0.1, -0.05) is 29.3 Å². The number of ether oxygens (including phenoxy) is 2. The number of halogens is 3. The number of carbonyl (C=O) groups excluding carboxylic acids is 2. The molecule has 42 heavy (non-hydrogen) atoms. The number of pyridine rings is 1. The van der Waals surface area contributed by atoms with E-state index in [9.17, 15) is 14.4 Å². The molecule has 1 N–H and O–H groups in total. The SMILES string of the molecule is CCOC(=O)CN1CCN(c2c(F)cc3c(=O)c(C(=O)NCc4ccc(Cl)cc4Cl)cn(C4CC4)c3c2OC)CC1C. The van der Waals surface area contributed by atoms with Gasteiger partial charge in [0.05, 0.1) is 31.2 Å². The molecule has 0 radical (unpaired) electrons. The fraction of sp³-hybridized carbons (Fsp3) is 0.433. The molecule has 0 spiro atoms. The summed E-state index contributed by atoms with van der Waals surface area (Å²) >= 11 is 12.2. The second-order valence-electron chi connectivity index (χ2n) is 10.6. The molecule has 1 saturated heterocycles. The predicted octanol–water partition coefficient (Wildman–Crippen LogP) is 4.79. The number of piperazine rings is 1. The molecule has 224 valence electrons. The molecule has 1 aliphatic heterocycles. The van der Waals surface area contributed by atoms with E-state index < -0.39 is 17.2 Å². The quantitative estimate of drug-likeness (QED) is 0.345. The van der Waals surface area contributed by atoms with Crippen molar-refractivity contribution in [3.05, 3.63) is 67.7 Å². The first-order valence-electron chi connectivity index (χ1n) is 13.9. The number of benzene rings is 2. The van der Waals surface area contributed by atoms with E-state index in [0.717, 1.165) is 12.8 Å². The molecule has 1 atom stereocenters. The van der Waals surface area contributed by atoms with Crippen LogP contribution in [0.15, 0.2) is 35.3 Å². The summed E-state index contributed by atoms with van der Waals surface area (Å²) in [7, 11) is 1.45. The fourth-order valence-corrected chi connectivity index (χ4v) is 5.95. The van der Waals surface area contributed by atoms with Crippen molar-refractivity contribution in [2.24, 2.45) is 0 Å². The Morgan fingerprint density at radius 3 is 2.57 bits per heavy atom. The maximum absolute atomic E-state index is 15.9. The summed E-state index contributed by atoms with van der Waals surface area (Å²) in [5.41, 5.74) is 0.691. The molecule has 3 aromatic rings. The summed E-state index contributed by atoms with van der Waals surface area (Å²) in [6.45, 7) is 5.72. The number of esters is 1. The van der Waals surface area contributed by atoms with Gasteiger partial charge in [0.15, 0.2) is 11.6 Å². The van der Waals surface area contributed by atoms with Crippen molar-refractivity contribution in [3.63, 3.8) is 0 Å². The Kier molecular flexibility index (Phi) is 8.96. The third-order valence-corrected chi connectivity index (χ3v) is 8.35. The maximum atomic E-state index is 15.9. The molecule has 1 aromatic heterocycles. The Balaban J connectivity index is 1.49. The first kappa shape index (κ1) is 30.1. The molecular weight excluding hydrogens is 586 g/mol. The first-order chi connectivity index (χ1) is 20.1. The average Bonchev–Trinajstić information content (AvgIpc) is 3.79. The Morgan fingerprint density at radius 1 is 1.17 bits per heavy atom. The average molecular weight is 620 g/mol. The minimum Gasteiger partial charge on any atom is -0.492 e. The van der Waals surface area contributed by atoms with Gasteiger partial charge in [-0.25, -0.2) is 4.39 Å². The normalized spacial score (nSPS) is 17.4. The summed E-state index contributed by atoms with van der Waals surface area (Å²) in [4.78, 5) is 42.8. The third kappa shape index (κ3) is 6.07. The minimum atomic E-state index is -0.615. The second-order valence-corrected chi connectivity index (χ2v) is 11.5. The number of amides is 1. The van der Waals surface area contributed by atoms with Crippen LogP contribution in [0.25, 0.3) is 10.9 Å². The van der Waals surface area contributed by atoms with Crippen LogP contribution in [0.5, 0.6) is 5.75 Å². The lowest BCUT2D eigenvalue weighted by atomic mass is 10.1. The fourth-order valence-electron chi connectivity index (χ4n) is 5.48. The number of hydrogen-bond acceptors (Lipinski definition) is 7. The van der Waals surface area contributed by atoms with Crippen LogP contribution in [0.4, 0.5) is 10.1 Å². The van der Waals surface area contributed by atoms with Crippen LogP contribution in [0.3, 0.4) is 0 Å². The summed E-state index contributed by atoms with van der Waals surface area (Å²) in [6.07, 6.45) is 3.27. The van der Waals surface area contributed by atoms with Crippen molar-refractivity contribution < 1.29 is 23.5 Å². The Bertz CT molecular complexity index is 1590. The summed E-state index contributed by atoms with van der Waals surface area (Å²) in [5.74, 6) is -1.25. The van der Waals surface area contributed by atoms with Crippen LogP contribution in [0.2, 0.25) is 10.0 Å². The molecule has 1 saturated carbocycles. The van der Waals surface area contributed by atoms with Crippen LogP contribution in [0, 0.1) is 5.82 Å². The van der Waals surface area contributed by atoms with Crippen molar-refractivity contribution in [1.29, 1.82) is 0 Å². The Labute approximate surface area is 253 Å². The molecule has 9 nitrogen and oxygen atoms in total. The second kappa shape index (κ2) is 12.5. The topological polar surface area (TPSA) is 93.1 Å². The van der Waals surface area contributed by atoms with Gasteiger partial charge in [-0.3, -0.25) is 19.3 Å². The van der Waals surface area contributed by atoms with E-state index in [1.165, 1.54) is 13.2 Å². The lowest BCUT2D eigenvalue weighted by Crippen LogP contribution is -2.53. The van der Waals surface area contributed by atoms with Gasteiger partial charge in [0, 0.05) is 54.5 Å². The van der Waals surface area contributed by atoms with Crippen LogP contribution < -0.4 is 20.4 Å². The van der Waals surface area contributed by atoms with E-state index in [2.05, 4.69) is 5.32 Å². The highest BCUT2D eigenvalue weighted by molar-refractivity contribution is 6.35. The number of anilines is 1.